The minimum atomic E-state index is -3.93. The zero-order valence-electron chi connectivity index (χ0n) is 22.3. The van der Waals surface area contributed by atoms with Crippen molar-refractivity contribution in [3.05, 3.63) is 98.4 Å². The Kier molecular flexibility index (Phi) is 11.9. The fourth-order valence-corrected chi connectivity index (χ4v) is 5.81. The van der Waals surface area contributed by atoms with E-state index in [1.807, 2.05) is 61.5 Å². The Morgan fingerprint density at radius 1 is 0.975 bits per heavy atom. The number of rotatable bonds is 13. The number of hydrogen-bond donors (Lipinski definition) is 1. The molecule has 0 aliphatic heterocycles. The average molecular weight is 669 g/mol. The van der Waals surface area contributed by atoms with Gasteiger partial charge in [0.25, 0.3) is 0 Å². The van der Waals surface area contributed by atoms with Crippen LogP contribution in [0, 0.1) is 0 Å². The van der Waals surface area contributed by atoms with Gasteiger partial charge in [-0.05, 0) is 47.9 Å². The van der Waals surface area contributed by atoms with Gasteiger partial charge < -0.3 is 10.2 Å². The van der Waals surface area contributed by atoms with E-state index >= 15 is 0 Å². The van der Waals surface area contributed by atoms with Gasteiger partial charge in [-0.3, -0.25) is 13.9 Å². The number of anilines is 1. The minimum absolute atomic E-state index is 0.0864. The van der Waals surface area contributed by atoms with Crippen LogP contribution in [-0.4, -0.2) is 50.5 Å². The van der Waals surface area contributed by atoms with Crippen LogP contribution < -0.4 is 9.62 Å². The molecule has 0 spiro atoms. The van der Waals surface area contributed by atoms with E-state index in [2.05, 4.69) is 21.2 Å². The zero-order chi connectivity index (χ0) is 29.3. The topological polar surface area (TPSA) is 86.8 Å². The molecular formula is C29H32BrCl2N3O4S. The van der Waals surface area contributed by atoms with Gasteiger partial charge in [0.2, 0.25) is 21.8 Å². The van der Waals surface area contributed by atoms with Crippen molar-refractivity contribution in [1.29, 1.82) is 0 Å². The van der Waals surface area contributed by atoms with Gasteiger partial charge in [0, 0.05) is 29.0 Å². The third kappa shape index (κ3) is 9.23. The van der Waals surface area contributed by atoms with Gasteiger partial charge in [0.05, 0.1) is 17.0 Å². The van der Waals surface area contributed by atoms with Gasteiger partial charge in [0.1, 0.15) is 12.6 Å². The normalized spacial score (nSPS) is 12.0. The van der Waals surface area contributed by atoms with Crippen molar-refractivity contribution < 1.29 is 18.0 Å². The Bertz CT molecular complexity index is 1410. The van der Waals surface area contributed by atoms with E-state index in [4.69, 9.17) is 23.2 Å². The average Bonchev–Trinajstić information content (AvgIpc) is 2.90. The maximum atomic E-state index is 14.1. The summed E-state index contributed by atoms with van der Waals surface area (Å²) in [5.41, 5.74) is 1.77. The molecule has 3 aromatic carbocycles. The summed E-state index contributed by atoms with van der Waals surface area (Å²) in [6, 6.07) is 20.3. The molecule has 0 radical (unpaired) electrons. The van der Waals surface area contributed by atoms with Crippen molar-refractivity contribution in [3.8, 4) is 0 Å². The summed E-state index contributed by atoms with van der Waals surface area (Å²) in [4.78, 5) is 29.1. The molecule has 0 aliphatic carbocycles. The van der Waals surface area contributed by atoms with Crippen molar-refractivity contribution in [1.82, 2.24) is 10.2 Å². The Morgan fingerprint density at radius 2 is 1.65 bits per heavy atom. The Balaban J connectivity index is 2.04. The Morgan fingerprint density at radius 3 is 2.25 bits per heavy atom. The van der Waals surface area contributed by atoms with Gasteiger partial charge in [0.15, 0.2) is 0 Å². The predicted octanol–water partition coefficient (Wildman–Crippen LogP) is 6.08. The van der Waals surface area contributed by atoms with Gasteiger partial charge in [-0.25, -0.2) is 8.42 Å². The molecule has 214 valence electrons. The van der Waals surface area contributed by atoms with Crippen molar-refractivity contribution in [2.24, 2.45) is 0 Å². The second-order valence-corrected chi connectivity index (χ2v) is 13.0. The number of benzene rings is 3. The van der Waals surface area contributed by atoms with Crippen LogP contribution in [0.15, 0.2) is 77.3 Å². The van der Waals surface area contributed by atoms with Crippen LogP contribution in [0.3, 0.4) is 0 Å². The number of amides is 2. The maximum Gasteiger partial charge on any atom is 0.244 e. The van der Waals surface area contributed by atoms with E-state index in [1.54, 1.807) is 0 Å². The van der Waals surface area contributed by atoms with Crippen LogP contribution in [0.5, 0.6) is 0 Å². The SMILES string of the molecule is CCCCNC(=O)[C@@H](Cc1ccccc1)N(Cc1ccc(Br)cc1)C(=O)CN(c1ccc(Cl)cc1Cl)S(C)(=O)=O. The summed E-state index contributed by atoms with van der Waals surface area (Å²) < 4.78 is 27.6. The molecule has 0 saturated carbocycles. The van der Waals surface area contributed by atoms with E-state index in [0.717, 1.165) is 39.0 Å². The minimum Gasteiger partial charge on any atom is -0.354 e. The third-order valence-electron chi connectivity index (χ3n) is 6.22. The summed E-state index contributed by atoms with van der Waals surface area (Å²) in [5.74, 6) is -0.857. The maximum absolute atomic E-state index is 14.1. The number of halogens is 3. The van der Waals surface area contributed by atoms with Crippen LogP contribution in [0.2, 0.25) is 10.0 Å². The molecule has 40 heavy (non-hydrogen) atoms. The number of sulfonamides is 1. The number of nitrogens with zero attached hydrogens (tertiary/aromatic N) is 2. The summed E-state index contributed by atoms with van der Waals surface area (Å²) in [6.07, 6.45) is 2.95. The Hall–Kier alpha value is -2.59. The lowest BCUT2D eigenvalue weighted by atomic mass is 10.0. The molecule has 11 heteroatoms. The van der Waals surface area contributed by atoms with Crippen molar-refractivity contribution in [2.75, 3.05) is 23.7 Å². The highest BCUT2D eigenvalue weighted by atomic mass is 79.9. The fourth-order valence-electron chi connectivity index (χ4n) is 4.12. The van der Waals surface area contributed by atoms with Gasteiger partial charge in [-0.1, -0.05) is 94.9 Å². The highest BCUT2D eigenvalue weighted by Crippen LogP contribution is 2.30. The van der Waals surface area contributed by atoms with E-state index in [0.29, 0.717) is 11.6 Å². The van der Waals surface area contributed by atoms with Crippen molar-refractivity contribution in [3.63, 3.8) is 0 Å². The first-order valence-corrected chi connectivity index (χ1v) is 16.2. The summed E-state index contributed by atoms with van der Waals surface area (Å²) in [5, 5.41) is 3.37. The number of hydrogen-bond acceptors (Lipinski definition) is 4. The second-order valence-electron chi connectivity index (χ2n) is 9.36. The quantitative estimate of drug-likeness (QED) is 0.224. The van der Waals surface area contributed by atoms with Gasteiger partial charge >= 0.3 is 0 Å². The first kappa shape index (κ1) is 31.9. The van der Waals surface area contributed by atoms with Crippen molar-refractivity contribution >= 4 is 66.7 Å². The van der Waals surface area contributed by atoms with Crippen LogP contribution >= 0.6 is 39.1 Å². The Labute approximate surface area is 254 Å². The summed E-state index contributed by atoms with van der Waals surface area (Å²) >= 11 is 15.8. The highest BCUT2D eigenvalue weighted by Gasteiger charge is 2.33. The second kappa shape index (κ2) is 14.9. The first-order valence-electron chi connectivity index (χ1n) is 12.8. The predicted molar refractivity (Wildman–Crippen MR) is 165 cm³/mol. The number of nitrogens with one attached hydrogen (secondary N) is 1. The van der Waals surface area contributed by atoms with E-state index in [1.165, 1.54) is 23.1 Å². The molecule has 0 aliphatic rings. The number of carbonyl (C=O) groups excluding carboxylic acids is 2. The third-order valence-corrected chi connectivity index (χ3v) is 8.42. The fraction of sp³-hybridized carbons (Fsp3) is 0.310. The van der Waals surface area contributed by atoms with E-state index < -0.39 is 28.5 Å². The zero-order valence-corrected chi connectivity index (χ0v) is 26.2. The largest absolute Gasteiger partial charge is 0.354 e. The number of carbonyl (C=O) groups is 2. The smallest absolute Gasteiger partial charge is 0.244 e. The lowest BCUT2D eigenvalue weighted by Crippen LogP contribution is -2.53. The molecule has 2 amide bonds. The van der Waals surface area contributed by atoms with Crippen LogP contribution in [0.1, 0.15) is 30.9 Å². The lowest BCUT2D eigenvalue weighted by Gasteiger charge is -2.33. The van der Waals surface area contributed by atoms with E-state index in [-0.39, 0.29) is 29.6 Å². The molecule has 1 N–H and O–H groups in total. The standard InChI is InChI=1S/C29H32BrCl2N3O4S/c1-3-4-16-33-29(37)27(17-21-8-6-5-7-9-21)34(19-22-10-12-23(30)13-11-22)28(36)20-35(40(2,38)39)26-15-14-24(31)18-25(26)32/h5-15,18,27H,3-4,16-17,19-20H2,1-2H3,(H,33,37)/t27-/m1/s1. The number of unbranched alkanes of at least 4 members (excludes halogenated alkanes) is 1. The monoisotopic (exact) mass is 667 g/mol. The molecule has 0 fully saturated rings. The molecule has 0 bridgehead atoms. The molecule has 3 rings (SSSR count). The van der Waals surface area contributed by atoms with E-state index in [9.17, 15) is 18.0 Å². The molecule has 7 nitrogen and oxygen atoms in total. The molecule has 0 saturated heterocycles. The molecular weight excluding hydrogens is 637 g/mol. The van der Waals surface area contributed by atoms with Crippen LogP contribution in [0.4, 0.5) is 5.69 Å². The molecule has 3 aromatic rings. The highest BCUT2D eigenvalue weighted by molar-refractivity contribution is 9.10. The molecule has 1 atom stereocenters. The van der Waals surface area contributed by atoms with Crippen LogP contribution in [0.25, 0.3) is 0 Å². The molecule has 0 aromatic heterocycles. The lowest BCUT2D eigenvalue weighted by molar-refractivity contribution is -0.140. The van der Waals surface area contributed by atoms with Gasteiger partial charge in [-0.2, -0.15) is 0 Å². The first-order chi connectivity index (χ1) is 19.0. The summed E-state index contributed by atoms with van der Waals surface area (Å²) in [7, 11) is -3.93. The summed E-state index contributed by atoms with van der Waals surface area (Å²) in [6.45, 7) is 2.04. The molecule has 0 unspecified atom stereocenters. The van der Waals surface area contributed by atoms with Crippen molar-refractivity contribution in [2.45, 2.75) is 38.8 Å². The molecule has 0 heterocycles. The van der Waals surface area contributed by atoms with Crippen LogP contribution in [-0.2, 0) is 32.6 Å². The van der Waals surface area contributed by atoms with Gasteiger partial charge in [-0.15, -0.1) is 0 Å².